The van der Waals surface area contributed by atoms with Gasteiger partial charge in [0, 0.05) is 18.3 Å². The Morgan fingerprint density at radius 2 is 2.17 bits per heavy atom. The molecule has 4 unspecified atom stereocenters. The Hall–Kier alpha value is -0.900. The van der Waals surface area contributed by atoms with Crippen LogP contribution < -0.4 is 0 Å². The van der Waals surface area contributed by atoms with Gasteiger partial charge in [-0.3, -0.25) is 9.59 Å². The first-order chi connectivity index (χ1) is 5.61. The lowest BCUT2D eigenvalue weighted by atomic mass is 9.97. The number of hydrogen-bond acceptors (Lipinski definition) is 3. The number of rotatable bonds is 1. The van der Waals surface area contributed by atoms with Crippen LogP contribution in [-0.2, 0) is 9.59 Å². The molecule has 0 aromatic rings. The quantitative estimate of drug-likeness (QED) is 0.564. The highest BCUT2D eigenvalue weighted by Gasteiger charge is 2.55. The molecule has 0 saturated heterocycles. The molecule has 0 aromatic heterocycles. The predicted molar refractivity (Wildman–Crippen MR) is 38.4 cm³/mol. The van der Waals surface area contributed by atoms with E-state index in [1.807, 2.05) is 0 Å². The summed E-state index contributed by atoms with van der Waals surface area (Å²) in [6.45, 7) is 0. The summed E-state index contributed by atoms with van der Waals surface area (Å²) >= 11 is 0. The minimum atomic E-state index is -0.938. The van der Waals surface area contributed by atoms with Crippen LogP contribution in [0.15, 0.2) is 0 Å². The van der Waals surface area contributed by atoms with Crippen molar-refractivity contribution < 1.29 is 19.8 Å². The standard InChI is InChI=1S/C8H10O4/c9-5-1-3-6(10)2-4(5)7(3)8(11)12/h3-5,7,9H,1-2H2,(H,11,12). The average molecular weight is 170 g/mol. The molecule has 2 aliphatic rings. The predicted octanol–water partition coefficient (Wildman–Crippen LogP) is -0.343. The number of carboxylic acids is 1. The van der Waals surface area contributed by atoms with Gasteiger partial charge in [0.1, 0.15) is 5.78 Å². The SMILES string of the molecule is O=C1CC2C(O)CC1C2C(=O)O. The number of aliphatic hydroxyl groups excluding tert-OH is 1. The van der Waals surface area contributed by atoms with Crippen molar-refractivity contribution in [2.45, 2.75) is 18.9 Å². The van der Waals surface area contributed by atoms with Crippen LogP contribution in [0.2, 0.25) is 0 Å². The molecule has 2 bridgehead atoms. The molecule has 0 aliphatic heterocycles. The van der Waals surface area contributed by atoms with Crippen molar-refractivity contribution in [2.75, 3.05) is 0 Å². The summed E-state index contributed by atoms with van der Waals surface area (Å²) in [4.78, 5) is 21.8. The summed E-state index contributed by atoms with van der Waals surface area (Å²) in [5, 5.41) is 18.1. The maximum absolute atomic E-state index is 11.1. The van der Waals surface area contributed by atoms with Crippen LogP contribution in [-0.4, -0.2) is 28.1 Å². The summed E-state index contributed by atoms with van der Waals surface area (Å²) in [5.41, 5.74) is 0. The molecular formula is C8H10O4. The summed E-state index contributed by atoms with van der Waals surface area (Å²) < 4.78 is 0. The number of ketones is 1. The van der Waals surface area contributed by atoms with Gasteiger partial charge in [0.05, 0.1) is 12.0 Å². The minimum absolute atomic E-state index is 0.0118. The fraction of sp³-hybridized carbons (Fsp3) is 0.750. The van der Waals surface area contributed by atoms with Crippen LogP contribution in [0, 0.1) is 17.8 Å². The molecular weight excluding hydrogens is 160 g/mol. The van der Waals surface area contributed by atoms with Gasteiger partial charge < -0.3 is 10.2 Å². The lowest BCUT2D eigenvalue weighted by Gasteiger charge is -2.13. The second kappa shape index (κ2) is 2.29. The van der Waals surface area contributed by atoms with Crippen molar-refractivity contribution in [3.63, 3.8) is 0 Å². The van der Waals surface area contributed by atoms with E-state index >= 15 is 0 Å². The molecule has 2 rings (SSSR count). The van der Waals surface area contributed by atoms with Crippen molar-refractivity contribution >= 4 is 11.8 Å². The van der Waals surface area contributed by atoms with Crippen molar-refractivity contribution in [2.24, 2.45) is 17.8 Å². The highest BCUT2D eigenvalue weighted by atomic mass is 16.4. The molecule has 2 saturated carbocycles. The molecule has 2 aliphatic carbocycles. The van der Waals surface area contributed by atoms with Gasteiger partial charge in [0.15, 0.2) is 0 Å². The molecule has 12 heavy (non-hydrogen) atoms. The van der Waals surface area contributed by atoms with Crippen LogP contribution in [0.4, 0.5) is 0 Å². The Kier molecular flexibility index (Phi) is 1.48. The van der Waals surface area contributed by atoms with Gasteiger partial charge in [-0.25, -0.2) is 0 Å². The van der Waals surface area contributed by atoms with Gasteiger partial charge in [0.25, 0.3) is 0 Å². The molecule has 4 heteroatoms. The smallest absolute Gasteiger partial charge is 0.307 e. The van der Waals surface area contributed by atoms with Crippen molar-refractivity contribution in [3.8, 4) is 0 Å². The third kappa shape index (κ3) is 0.813. The Morgan fingerprint density at radius 3 is 2.50 bits per heavy atom. The molecule has 0 spiro atoms. The van der Waals surface area contributed by atoms with Crippen molar-refractivity contribution in [3.05, 3.63) is 0 Å². The van der Waals surface area contributed by atoms with Gasteiger partial charge >= 0.3 is 5.97 Å². The van der Waals surface area contributed by atoms with E-state index in [1.54, 1.807) is 0 Å². The number of carbonyl (C=O) groups is 2. The van der Waals surface area contributed by atoms with Crippen LogP contribution >= 0.6 is 0 Å². The van der Waals surface area contributed by atoms with Crippen LogP contribution in [0.25, 0.3) is 0 Å². The monoisotopic (exact) mass is 170 g/mol. The first-order valence-electron chi connectivity index (χ1n) is 4.05. The number of carboxylic acid groups (broad SMARTS) is 1. The van der Waals surface area contributed by atoms with E-state index in [1.165, 1.54) is 0 Å². The Labute approximate surface area is 69.2 Å². The van der Waals surface area contributed by atoms with Gasteiger partial charge in [0.2, 0.25) is 0 Å². The largest absolute Gasteiger partial charge is 0.481 e. The number of hydrogen-bond donors (Lipinski definition) is 2. The van der Waals surface area contributed by atoms with Crippen LogP contribution in [0.3, 0.4) is 0 Å². The number of Topliss-reactive ketones (excluding diaryl/α,β-unsaturated/α-hetero) is 1. The molecule has 66 valence electrons. The van der Waals surface area contributed by atoms with E-state index in [0.717, 1.165) is 0 Å². The van der Waals surface area contributed by atoms with E-state index in [9.17, 15) is 14.7 Å². The molecule has 2 N–H and O–H groups in total. The fourth-order valence-corrected chi connectivity index (χ4v) is 2.45. The molecule has 2 fully saturated rings. The summed E-state index contributed by atoms with van der Waals surface area (Å²) in [6, 6.07) is 0. The lowest BCUT2D eigenvalue weighted by molar-refractivity contribution is -0.144. The van der Waals surface area contributed by atoms with Crippen molar-refractivity contribution in [1.29, 1.82) is 0 Å². The third-order valence-corrected chi connectivity index (χ3v) is 3.02. The van der Waals surface area contributed by atoms with Gasteiger partial charge in [-0.05, 0) is 6.42 Å². The molecule has 4 nitrogen and oxygen atoms in total. The molecule has 0 heterocycles. The second-order valence-electron chi connectivity index (χ2n) is 3.61. The molecule has 4 atom stereocenters. The summed E-state index contributed by atoms with van der Waals surface area (Å²) in [5.74, 6) is -2.28. The average Bonchev–Trinajstić information content (AvgIpc) is 2.41. The summed E-state index contributed by atoms with van der Waals surface area (Å²) in [6.07, 6.45) is 0.0253. The second-order valence-corrected chi connectivity index (χ2v) is 3.61. The highest BCUT2D eigenvalue weighted by molar-refractivity contribution is 5.91. The Morgan fingerprint density at radius 1 is 1.50 bits per heavy atom. The van der Waals surface area contributed by atoms with Crippen molar-refractivity contribution in [1.82, 2.24) is 0 Å². The first-order valence-corrected chi connectivity index (χ1v) is 4.05. The molecule has 0 aromatic carbocycles. The Bertz CT molecular complexity index is 247. The lowest BCUT2D eigenvalue weighted by Crippen LogP contribution is -2.22. The molecule has 0 radical (unpaired) electrons. The highest BCUT2D eigenvalue weighted by Crippen LogP contribution is 2.47. The molecule has 0 amide bonds. The van der Waals surface area contributed by atoms with Gasteiger partial charge in [-0.15, -0.1) is 0 Å². The van der Waals surface area contributed by atoms with E-state index < -0.39 is 23.9 Å². The fourth-order valence-electron chi connectivity index (χ4n) is 2.45. The summed E-state index contributed by atoms with van der Waals surface area (Å²) in [7, 11) is 0. The van der Waals surface area contributed by atoms with E-state index in [0.29, 0.717) is 6.42 Å². The first kappa shape index (κ1) is 7.73. The van der Waals surface area contributed by atoms with Crippen LogP contribution in [0.1, 0.15) is 12.8 Å². The minimum Gasteiger partial charge on any atom is -0.481 e. The number of fused-ring (bicyclic) bond motifs is 2. The number of aliphatic hydroxyl groups is 1. The maximum Gasteiger partial charge on any atom is 0.307 e. The zero-order valence-corrected chi connectivity index (χ0v) is 6.43. The number of aliphatic carboxylic acids is 1. The zero-order valence-electron chi connectivity index (χ0n) is 6.43. The van der Waals surface area contributed by atoms with Gasteiger partial charge in [-0.2, -0.15) is 0 Å². The van der Waals surface area contributed by atoms with Gasteiger partial charge in [-0.1, -0.05) is 0 Å². The zero-order chi connectivity index (χ0) is 8.88. The third-order valence-electron chi connectivity index (χ3n) is 3.02. The van der Waals surface area contributed by atoms with E-state index in [-0.39, 0.29) is 18.1 Å². The maximum atomic E-state index is 11.1. The van der Waals surface area contributed by atoms with E-state index in [2.05, 4.69) is 0 Å². The topological polar surface area (TPSA) is 74.6 Å². The number of carbonyl (C=O) groups excluding carboxylic acids is 1. The van der Waals surface area contributed by atoms with Crippen LogP contribution in [0.5, 0.6) is 0 Å². The Balaban J connectivity index is 2.28. The van der Waals surface area contributed by atoms with E-state index in [4.69, 9.17) is 5.11 Å². The normalized spacial score (nSPS) is 45.2.